The molecule has 9 heteroatoms. The van der Waals surface area contributed by atoms with Crippen molar-refractivity contribution in [3.05, 3.63) is 17.0 Å². The molecule has 1 atom stereocenters. The monoisotopic (exact) mass is 357 g/mol. The van der Waals surface area contributed by atoms with E-state index in [1.54, 1.807) is 13.8 Å². The predicted octanol–water partition coefficient (Wildman–Crippen LogP) is 2.97. The Morgan fingerprint density at radius 2 is 1.84 bits per heavy atom. The van der Waals surface area contributed by atoms with Crippen molar-refractivity contribution in [3.63, 3.8) is 0 Å². The fourth-order valence-corrected chi connectivity index (χ4v) is 3.18. The van der Waals surface area contributed by atoms with Crippen LogP contribution in [0.1, 0.15) is 43.6 Å². The quantitative estimate of drug-likeness (QED) is 0.860. The maximum Gasteiger partial charge on any atom is 0.453 e. The molecule has 2 heterocycles. The van der Waals surface area contributed by atoms with Crippen LogP contribution in [-0.2, 0) is 6.18 Å². The van der Waals surface area contributed by atoms with Gasteiger partial charge in [-0.1, -0.05) is 13.8 Å². The number of nitrogens with zero attached hydrogens (tertiary/aromatic N) is 4. The number of anilines is 1. The summed E-state index contributed by atoms with van der Waals surface area (Å²) in [5.41, 5.74) is 1.18. The van der Waals surface area contributed by atoms with Gasteiger partial charge in [-0.3, -0.25) is 0 Å². The molecule has 1 unspecified atom stereocenters. The van der Waals surface area contributed by atoms with E-state index in [4.69, 9.17) is 0 Å². The molecule has 2 aromatic heterocycles. The Kier molecular flexibility index (Phi) is 4.17. The molecule has 0 spiro atoms. The minimum atomic E-state index is -4.63. The van der Waals surface area contributed by atoms with Gasteiger partial charge in [0.15, 0.2) is 5.65 Å². The third-order valence-electron chi connectivity index (χ3n) is 5.11. The Morgan fingerprint density at radius 1 is 1.20 bits per heavy atom. The molecule has 0 bridgehead atoms. The Labute approximate surface area is 143 Å². The third-order valence-corrected chi connectivity index (χ3v) is 5.11. The normalized spacial score (nSPS) is 18.0. The first-order valence-corrected chi connectivity index (χ1v) is 8.28. The van der Waals surface area contributed by atoms with Crippen molar-refractivity contribution >= 4 is 11.5 Å². The Hall–Kier alpha value is -1.90. The predicted molar refractivity (Wildman–Crippen MR) is 86.3 cm³/mol. The van der Waals surface area contributed by atoms with Crippen LogP contribution in [0.4, 0.5) is 19.0 Å². The molecule has 1 aliphatic rings. The van der Waals surface area contributed by atoms with Gasteiger partial charge in [-0.2, -0.15) is 17.7 Å². The van der Waals surface area contributed by atoms with Gasteiger partial charge in [0.1, 0.15) is 5.82 Å². The van der Waals surface area contributed by atoms with Crippen LogP contribution in [0.15, 0.2) is 0 Å². The lowest BCUT2D eigenvalue weighted by atomic mass is 9.90. The average Bonchev–Trinajstić information content (AvgIpc) is 3.18. The van der Waals surface area contributed by atoms with Crippen LogP contribution in [0, 0.1) is 25.2 Å². The Morgan fingerprint density at radius 3 is 2.36 bits per heavy atom. The lowest BCUT2D eigenvalue weighted by molar-refractivity contribution is -0.146. The molecule has 3 rings (SSSR count). The number of hydrogen-bond donors (Lipinski definition) is 2. The molecule has 6 nitrogen and oxygen atoms in total. The van der Waals surface area contributed by atoms with E-state index in [1.807, 2.05) is 13.8 Å². The molecule has 0 amide bonds. The van der Waals surface area contributed by atoms with Crippen LogP contribution < -0.4 is 5.32 Å². The molecular weight excluding hydrogens is 335 g/mol. The minimum Gasteiger partial charge on any atom is -0.392 e. The van der Waals surface area contributed by atoms with Crippen LogP contribution in [0.3, 0.4) is 0 Å². The molecule has 2 N–H and O–H groups in total. The summed E-state index contributed by atoms with van der Waals surface area (Å²) >= 11 is 0. The molecule has 138 valence electrons. The minimum absolute atomic E-state index is 0.0960. The first-order valence-electron chi connectivity index (χ1n) is 8.28. The van der Waals surface area contributed by atoms with E-state index in [2.05, 4.69) is 20.6 Å². The molecule has 0 radical (unpaired) electrons. The average molecular weight is 357 g/mol. The second-order valence-corrected chi connectivity index (χ2v) is 7.26. The van der Waals surface area contributed by atoms with E-state index >= 15 is 0 Å². The summed E-state index contributed by atoms with van der Waals surface area (Å²) in [6.07, 6.45) is -3.30. The number of hydrogen-bond acceptors (Lipinski definition) is 5. The summed E-state index contributed by atoms with van der Waals surface area (Å²) in [5, 5.41) is 24.4. The number of rotatable bonds is 5. The maximum atomic E-state index is 13.1. The van der Waals surface area contributed by atoms with Crippen LogP contribution in [0.5, 0.6) is 0 Å². The van der Waals surface area contributed by atoms with Gasteiger partial charge >= 0.3 is 6.18 Å². The van der Waals surface area contributed by atoms with E-state index in [9.17, 15) is 18.3 Å². The van der Waals surface area contributed by atoms with Crippen molar-refractivity contribution < 1.29 is 18.3 Å². The van der Waals surface area contributed by atoms with Crippen molar-refractivity contribution in [1.29, 1.82) is 0 Å². The van der Waals surface area contributed by atoms with Gasteiger partial charge in [-0.25, -0.2) is 0 Å². The molecule has 1 aliphatic carbocycles. The molecule has 0 aromatic carbocycles. The fourth-order valence-electron chi connectivity index (χ4n) is 3.18. The number of aliphatic hydroxyl groups excluding tert-OH is 1. The summed E-state index contributed by atoms with van der Waals surface area (Å²) in [7, 11) is 0. The van der Waals surface area contributed by atoms with Crippen LogP contribution in [0.2, 0.25) is 0 Å². The van der Waals surface area contributed by atoms with Crippen molar-refractivity contribution in [1.82, 2.24) is 19.8 Å². The van der Waals surface area contributed by atoms with E-state index in [0.717, 1.165) is 22.9 Å². The highest BCUT2D eigenvalue weighted by Crippen LogP contribution is 2.50. The van der Waals surface area contributed by atoms with Gasteiger partial charge in [0, 0.05) is 17.5 Å². The largest absolute Gasteiger partial charge is 0.453 e. The number of aromatic nitrogens is 4. The van der Waals surface area contributed by atoms with E-state index in [1.165, 1.54) is 0 Å². The maximum absolute atomic E-state index is 13.1. The zero-order valence-corrected chi connectivity index (χ0v) is 14.6. The second kappa shape index (κ2) is 5.82. The van der Waals surface area contributed by atoms with Crippen molar-refractivity contribution in [2.75, 3.05) is 11.9 Å². The lowest BCUT2D eigenvalue weighted by Gasteiger charge is -2.26. The van der Waals surface area contributed by atoms with Gasteiger partial charge in [-0.05, 0) is 38.2 Å². The SMILES string of the molecule is Cc1c(NCC2(C(O)C(C)C)CC2)nn2c(C(F)(F)F)nnc2c1C. The molecule has 0 aliphatic heterocycles. The summed E-state index contributed by atoms with van der Waals surface area (Å²) in [6, 6.07) is 0. The zero-order chi connectivity index (χ0) is 18.6. The molecule has 1 saturated carbocycles. The summed E-state index contributed by atoms with van der Waals surface area (Å²) in [6.45, 7) is 7.86. The highest BCUT2D eigenvalue weighted by atomic mass is 19.4. The molecule has 0 saturated heterocycles. The topological polar surface area (TPSA) is 75.3 Å². The van der Waals surface area contributed by atoms with Crippen molar-refractivity contribution in [2.24, 2.45) is 11.3 Å². The lowest BCUT2D eigenvalue weighted by Crippen LogP contribution is -2.33. The zero-order valence-electron chi connectivity index (χ0n) is 14.6. The Bertz CT molecular complexity index is 795. The van der Waals surface area contributed by atoms with E-state index < -0.39 is 18.1 Å². The molecular formula is C16H22F3N5O. The Balaban J connectivity index is 1.93. The molecule has 25 heavy (non-hydrogen) atoms. The number of aliphatic hydroxyl groups is 1. The van der Waals surface area contributed by atoms with Gasteiger partial charge in [0.2, 0.25) is 0 Å². The standard InChI is InChI=1S/C16H22F3N5O/c1-8(2)11(25)15(5-6-15)7-20-12-9(3)10(4)13-21-22-14(16(17,18)19)24(13)23-12/h8,11,25H,5-7H2,1-4H3,(H,20,23). The first kappa shape index (κ1) is 17.9. The summed E-state index contributed by atoms with van der Waals surface area (Å²) in [5.74, 6) is -0.660. The van der Waals surface area contributed by atoms with Crippen LogP contribution in [-0.4, -0.2) is 37.6 Å². The van der Waals surface area contributed by atoms with E-state index in [0.29, 0.717) is 17.9 Å². The number of fused-ring (bicyclic) bond motifs is 1. The summed E-state index contributed by atoms with van der Waals surface area (Å²) < 4.78 is 40.0. The van der Waals surface area contributed by atoms with Crippen molar-refractivity contribution in [3.8, 4) is 0 Å². The number of nitrogens with one attached hydrogen (secondary N) is 1. The smallest absolute Gasteiger partial charge is 0.392 e. The number of aryl methyl sites for hydroxylation is 1. The van der Waals surface area contributed by atoms with Gasteiger partial charge in [0.05, 0.1) is 6.10 Å². The van der Waals surface area contributed by atoms with Gasteiger partial charge in [0.25, 0.3) is 5.82 Å². The van der Waals surface area contributed by atoms with Crippen LogP contribution in [0.25, 0.3) is 5.65 Å². The molecule has 1 fully saturated rings. The fraction of sp³-hybridized carbons (Fsp3) is 0.688. The van der Waals surface area contributed by atoms with E-state index in [-0.39, 0.29) is 17.0 Å². The molecule has 2 aromatic rings. The van der Waals surface area contributed by atoms with Crippen LogP contribution >= 0.6 is 0 Å². The number of halogens is 3. The van der Waals surface area contributed by atoms with Gasteiger partial charge < -0.3 is 10.4 Å². The first-order chi connectivity index (χ1) is 11.6. The summed E-state index contributed by atoms with van der Waals surface area (Å²) in [4.78, 5) is 0. The second-order valence-electron chi connectivity index (χ2n) is 7.26. The van der Waals surface area contributed by atoms with Crippen molar-refractivity contribution in [2.45, 2.75) is 52.8 Å². The van der Waals surface area contributed by atoms with Gasteiger partial charge in [-0.15, -0.1) is 15.3 Å². The highest BCUT2D eigenvalue weighted by molar-refractivity contribution is 5.58. The third kappa shape index (κ3) is 3.05. The highest BCUT2D eigenvalue weighted by Gasteiger charge is 2.49. The number of alkyl halides is 3.